The van der Waals surface area contributed by atoms with E-state index in [0.29, 0.717) is 0 Å². The summed E-state index contributed by atoms with van der Waals surface area (Å²) in [5.41, 5.74) is 2.18. The fourth-order valence-electron chi connectivity index (χ4n) is 2.47. The molecule has 3 aromatic rings. The van der Waals surface area contributed by atoms with Gasteiger partial charge in [-0.2, -0.15) is 8.78 Å². The highest BCUT2D eigenvalue weighted by Gasteiger charge is 2.19. The number of sulfonamides is 1. The molecule has 0 aliphatic carbocycles. The lowest BCUT2D eigenvalue weighted by Gasteiger charge is -2.20. The monoisotopic (exact) mass is 454 g/mol. The number of nitrogens with zero attached hydrogens (tertiary/aromatic N) is 4. The molecular formula is C19H24F2N6O3S. The van der Waals surface area contributed by atoms with Crippen molar-refractivity contribution in [2.75, 3.05) is 17.6 Å². The third kappa shape index (κ3) is 6.49. The van der Waals surface area contributed by atoms with E-state index in [4.69, 9.17) is 4.42 Å². The maximum atomic E-state index is 12.6. The van der Waals surface area contributed by atoms with Gasteiger partial charge in [-0.05, 0) is 19.4 Å². The number of nitrogens with one attached hydrogen (secondary N) is 2. The fraction of sp³-hybridized carbons (Fsp3) is 0.368. The zero-order chi connectivity index (χ0) is 21.7. The molecule has 31 heavy (non-hydrogen) atoms. The molecule has 1 atom stereocenters. The van der Waals surface area contributed by atoms with Crippen molar-refractivity contribution in [3.63, 3.8) is 0 Å². The maximum Gasteiger partial charge on any atom is 0.314 e. The first kappa shape index (κ1) is 24.3. The van der Waals surface area contributed by atoms with Crippen LogP contribution >= 0.6 is 0 Å². The smallest absolute Gasteiger partial charge is 0.314 e. The highest BCUT2D eigenvalue weighted by Crippen LogP contribution is 2.23. The average molecular weight is 455 g/mol. The molecule has 1 aromatic carbocycles. The van der Waals surface area contributed by atoms with Crippen LogP contribution in [0.1, 0.15) is 43.8 Å². The first-order chi connectivity index (χ1) is 14.3. The Morgan fingerprint density at radius 3 is 2.29 bits per heavy atom. The number of benzene rings is 1. The van der Waals surface area contributed by atoms with Crippen LogP contribution in [-0.4, -0.2) is 40.9 Å². The van der Waals surface area contributed by atoms with Gasteiger partial charge in [0.05, 0.1) is 17.4 Å². The van der Waals surface area contributed by atoms with E-state index in [9.17, 15) is 17.2 Å². The van der Waals surface area contributed by atoms with Crippen LogP contribution in [0.4, 0.5) is 14.7 Å². The predicted molar refractivity (Wildman–Crippen MR) is 112 cm³/mol. The molecule has 0 fully saturated rings. The summed E-state index contributed by atoms with van der Waals surface area (Å²) in [6.07, 6.45) is -0.170. The lowest BCUT2D eigenvalue weighted by molar-refractivity contribution is 0.116. The summed E-state index contributed by atoms with van der Waals surface area (Å²) in [4.78, 5) is 8.28. The SMILES string of the molecule is C.CCS(=O)(=O)NCC(Nc1ncc(-c2nnc(C(F)F)o2)cn1)c1ccc(C)cc1. The molecule has 1 unspecified atom stereocenters. The van der Waals surface area contributed by atoms with Gasteiger partial charge in [0, 0.05) is 18.9 Å². The quantitative estimate of drug-likeness (QED) is 0.504. The minimum Gasteiger partial charge on any atom is -0.415 e. The summed E-state index contributed by atoms with van der Waals surface area (Å²) in [7, 11) is -3.39. The van der Waals surface area contributed by atoms with E-state index in [1.54, 1.807) is 6.92 Å². The fourth-order valence-corrected chi connectivity index (χ4v) is 3.10. The lowest BCUT2D eigenvalue weighted by Crippen LogP contribution is -2.32. The summed E-state index contributed by atoms with van der Waals surface area (Å²) in [6, 6.07) is 7.15. The second kappa shape index (κ2) is 10.4. The van der Waals surface area contributed by atoms with Crippen LogP contribution in [0.25, 0.3) is 11.5 Å². The standard InChI is InChI=1S/C18H20F2N6O3S.CH4/c1-3-30(27,28)23-10-14(12-6-4-11(2)5-7-12)24-18-21-8-13(9-22-18)16-25-26-17(29-16)15(19)20;/h4-9,14-15,23H,3,10H2,1-2H3,(H,21,22,24);1H4. The molecule has 0 aliphatic heterocycles. The molecule has 0 saturated carbocycles. The molecule has 0 aliphatic rings. The molecule has 2 N–H and O–H groups in total. The molecule has 2 aromatic heterocycles. The maximum absolute atomic E-state index is 12.6. The summed E-state index contributed by atoms with van der Waals surface area (Å²) < 4.78 is 56.3. The minimum atomic E-state index is -3.39. The van der Waals surface area contributed by atoms with Crippen molar-refractivity contribution < 1.29 is 21.6 Å². The van der Waals surface area contributed by atoms with Gasteiger partial charge in [0.2, 0.25) is 16.0 Å². The van der Waals surface area contributed by atoms with Crippen molar-refractivity contribution >= 4 is 16.0 Å². The van der Waals surface area contributed by atoms with Crippen LogP contribution in [0.3, 0.4) is 0 Å². The Morgan fingerprint density at radius 1 is 1.10 bits per heavy atom. The van der Waals surface area contributed by atoms with Crippen LogP contribution in [0.15, 0.2) is 41.1 Å². The number of aryl methyl sites for hydroxylation is 1. The van der Waals surface area contributed by atoms with Gasteiger partial charge in [-0.3, -0.25) is 0 Å². The van der Waals surface area contributed by atoms with Crippen molar-refractivity contribution in [2.24, 2.45) is 0 Å². The Balaban J connectivity index is 0.00000341. The van der Waals surface area contributed by atoms with Gasteiger partial charge in [0.15, 0.2) is 0 Å². The number of alkyl halides is 2. The molecule has 2 heterocycles. The highest BCUT2D eigenvalue weighted by atomic mass is 32.2. The molecular weight excluding hydrogens is 430 g/mol. The summed E-state index contributed by atoms with van der Waals surface area (Å²) >= 11 is 0. The minimum absolute atomic E-state index is 0. The van der Waals surface area contributed by atoms with E-state index in [2.05, 4.69) is 30.2 Å². The number of hydrogen-bond donors (Lipinski definition) is 2. The van der Waals surface area contributed by atoms with Crippen LogP contribution in [0.2, 0.25) is 0 Å². The number of aromatic nitrogens is 4. The zero-order valence-electron chi connectivity index (χ0n) is 16.2. The molecule has 0 bridgehead atoms. The van der Waals surface area contributed by atoms with E-state index >= 15 is 0 Å². The average Bonchev–Trinajstić information content (AvgIpc) is 3.23. The lowest BCUT2D eigenvalue weighted by atomic mass is 10.1. The normalized spacial score (nSPS) is 12.4. The first-order valence-electron chi connectivity index (χ1n) is 9.02. The van der Waals surface area contributed by atoms with Crippen LogP contribution in [0, 0.1) is 6.92 Å². The molecule has 12 heteroatoms. The second-order valence-corrected chi connectivity index (χ2v) is 8.50. The Morgan fingerprint density at radius 2 is 1.74 bits per heavy atom. The van der Waals surface area contributed by atoms with E-state index in [-0.39, 0.29) is 37.1 Å². The van der Waals surface area contributed by atoms with Crippen LogP contribution in [0.5, 0.6) is 0 Å². The van der Waals surface area contributed by atoms with Gasteiger partial charge in [-0.1, -0.05) is 37.3 Å². The third-order valence-electron chi connectivity index (χ3n) is 4.20. The molecule has 0 amide bonds. The van der Waals surface area contributed by atoms with Crippen molar-refractivity contribution in [3.8, 4) is 11.5 Å². The van der Waals surface area contributed by atoms with E-state index < -0.39 is 28.4 Å². The number of anilines is 1. The Hall–Kier alpha value is -2.99. The van der Waals surface area contributed by atoms with E-state index in [1.807, 2.05) is 31.2 Å². The Labute approximate surface area is 179 Å². The van der Waals surface area contributed by atoms with Crippen molar-refractivity contribution in [2.45, 2.75) is 33.7 Å². The molecule has 0 saturated heterocycles. The highest BCUT2D eigenvalue weighted by molar-refractivity contribution is 7.89. The van der Waals surface area contributed by atoms with Crippen molar-refractivity contribution in [1.29, 1.82) is 0 Å². The van der Waals surface area contributed by atoms with Crippen LogP contribution in [-0.2, 0) is 10.0 Å². The van der Waals surface area contributed by atoms with Crippen molar-refractivity contribution in [3.05, 3.63) is 53.7 Å². The molecule has 168 valence electrons. The molecule has 9 nitrogen and oxygen atoms in total. The second-order valence-electron chi connectivity index (χ2n) is 6.40. The molecule has 3 rings (SSSR count). The third-order valence-corrected chi connectivity index (χ3v) is 5.56. The summed E-state index contributed by atoms with van der Waals surface area (Å²) in [6.45, 7) is 3.59. The van der Waals surface area contributed by atoms with E-state index in [1.165, 1.54) is 12.4 Å². The van der Waals surface area contributed by atoms with E-state index in [0.717, 1.165) is 11.1 Å². The topological polar surface area (TPSA) is 123 Å². The Kier molecular flexibility index (Phi) is 8.11. The number of rotatable bonds is 9. The summed E-state index contributed by atoms with van der Waals surface area (Å²) in [5.74, 6) is -0.727. The zero-order valence-corrected chi connectivity index (χ0v) is 17.0. The van der Waals surface area contributed by atoms with Gasteiger partial charge in [0.25, 0.3) is 11.8 Å². The van der Waals surface area contributed by atoms with Crippen molar-refractivity contribution in [1.82, 2.24) is 24.9 Å². The van der Waals surface area contributed by atoms with Gasteiger partial charge in [0.1, 0.15) is 0 Å². The first-order valence-corrected chi connectivity index (χ1v) is 10.7. The Bertz CT molecular complexity index is 1070. The largest absolute Gasteiger partial charge is 0.415 e. The summed E-state index contributed by atoms with van der Waals surface area (Å²) in [5, 5.41) is 9.89. The van der Waals surface area contributed by atoms with Gasteiger partial charge < -0.3 is 9.73 Å². The predicted octanol–water partition coefficient (Wildman–Crippen LogP) is 3.50. The van der Waals surface area contributed by atoms with Gasteiger partial charge >= 0.3 is 6.43 Å². The molecule has 0 spiro atoms. The number of halogens is 2. The van der Waals surface area contributed by atoms with Gasteiger partial charge in [-0.25, -0.2) is 23.1 Å². The number of hydrogen-bond acceptors (Lipinski definition) is 8. The van der Waals surface area contributed by atoms with Crippen LogP contribution < -0.4 is 10.0 Å². The molecule has 0 radical (unpaired) electrons. The van der Waals surface area contributed by atoms with Gasteiger partial charge in [-0.15, -0.1) is 10.2 Å².